The van der Waals surface area contributed by atoms with Crippen LogP contribution in [0.15, 0.2) is 48.5 Å². The van der Waals surface area contributed by atoms with E-state index in [2.05, 4.69) is 4.18 Å². The van der Waals surface area contributed by atoms with Crippen LogP contribution in [-0.4, -0.2) is 20.5 Å². The van der Waals surface area contributed by atoms with E-state index in [-0.39, 0.29) is 12.4 Å². The number of hydrogen-bond donors (Lipinski definition) is 0. The van der Waals surface area contributed by atoms with Gasteiger partial charge in [0, 0.05) is 5.56 Å². The van der Waals surface area contributed by atoms with Crippen LogP contribution in [0.3, 0.4) is 0 Å². The van der Waals surface area contributed by atoms with Crippen LogP contribution in [0.4, 0.5) is 13.2 Å². The lowest BCUT2D eigenvalue weighted by Crippen LogP contribution is -2.28. The fourth-order valence-corrected chi connectivity index (χ4v) is 2.52. The Labute approximate surface area is 144 Å². The maximum absolute atomic E-state index is 12.6. The predicted molar refractivity (Wildman–Crippen MR) is 87.9 cm³/mol. The fraction of sp³-hybridized carbons (Fsp3) is 0.294. The van der Waals surface area contributed by atoms with Gasteiger partial charge in [0.2, 0.25) is 0 Å². The molecule has 0 radical (unpaired) electrons. The highest BCUT2D eigenvalue weighted by molar-refractivity contribution is 7.88. The van der Waals surface area contributed by atoms with Crippen molar-refractivity contribution in [2.45, 2.75) is 25.3 Å². The van der Waals surface area contributed by atoms with Gasteiger partial charge in [-0.15, -0.1) is 0 Å². The van der Waals surface area contributed by atoms with Crippen molar-refractivity contribution in [1.29, 1.82) is 0 Å². The summed E-state index contributed by atoms with van der Waals surface area (Å²) in [5.74, 6) is -0.523. The molecule has 8 heteroatoms. The zero-order chi connectivity index (χ0) is 18.5. The summed E-state index contributed by atoms with van der Waals surface area (Å²) in [6, 6.07) is 13.0. The van der Waals surface area contributed by atoms with Gasteiger partial charge in [-0.25, -0.2) is 0 Å². The molecule has 0 amide bonds. The summed E-state index contributed by atoms with van der Waals surface area (Å²) in [6.45, 7) is 2.15. The summed E-state index contributed by atoms with van der Waals surface area (Å²) in [5, 5.41) is 0. The molecule has 0 saturated carbocycles. The normalized spacial score (nSPS) is 12.0. The van der Waals surface area contributed by atoms with Crippen LogP contribution in [0, 0.1) is 0 Å². The van der Waals surface area contributed by atoms with Crippen LogP contribution in [0.2, 0.25) is 0 Å². The van der Waals surface area contributed by atoms with Gasteiger partial charge in [0.25, 0.3) is 0 Å². The molecule has 0 bridgehead atoms. The SMILES string of the molecule is CCCCOc1c(OS(=O)(=O)C(F)(F)F)cccc1-c1ccccc1. The number of alkyl halides is 3. The van der Waals surface area contributed by atoms with Crippen molar-refractivity contribution in [1.82, 2.24) is 0 Å². The number of para-hydroxylation sites is 1. The van der Waals surface area contributed by atoms with E-state index in [1.165, 1.54) is 6.07 Å². The largest absolute Gasteiger partial charge is 0.534 e. The van der Waals surface area contributed by atoms with Gasteiger partial charge in [0.1, 0.15) is 0 Å². The highest BCUT2D eigenvalue weighted by Crippen LogP contribution is 2.40. The average molecular weight is 374 g/mol. The van der Waals surface area contributed by atoms with Gasteiger partial charge in [0.05, 0.1) is 6.61 Å². The molecule has 0 unspecified atom stereocenters. The first-order valence-corrected chi connectivity index (χ1v) is 8.99. The molecule has 0 spiro atoms. The second kappa shape index (κ2) is 7.77. The van der Waals surface area contributed by atoms with Gasteiger partial charge >= 0.3 is 15.6 Å². The van der Waals surface area contributed by atoms with Crippen molar-refractivity contribution in [2.75, 3.05) is 6.61 Å². The molecular formula is C17H17F3O4S. The number of benzene rings is 2. The Balaban J connectivity index is 2.49. The van der Waals surface area contributed by atoms with Crippen LogP contribution in [0.5, 0.6) is 11.5 Å². The van der Waals surface area contributed by atoms with Crippen LogP contribution in [0.25, 0.3) is 11.1 Å². The maximum atomic E-state index is 12.6. The Bertz CT molecular complexity index is 802. The van der Waals surface area contributed by atoms with E-state index in [4.69, 9.17) is 4.74 Å². The summed E-state index contributed by atoms with van der Waals surface area (Å²) in [6.07, 6.45) is 1.47. The van der Waals surface area contributed by atoms with Gasteiger partial charge < -0.3 is 8.92 Å². The molecule has 25 heavy (non-hydrogen) atoms. The number of ether oxygens (including phenoxy) is 1. The second-order valence-electron chi connectivity index (χ2n) is 5.18. The molecule has 0 aromatic heterocycles. The van der Waals surface area contributed by atoms with Crippen LogP contribution < -0.4 is 8.92 Å². The molecule has 0 aliphatic heterocycles. The van der Waals surface area contributed by atoms with Crippen molar-refractivity contribution in [3.8, 4) is 22.6 Å². The van der Waals surface area contributed by atoms with Gasteiger partial charge in [0.15, 0.2) is 11.5 Å². The third-order valence-electron chi connectivity index (χ3n) is 3.29. The van der Waals surface area contributed by atoms with E-state index in [1.807, 2.05) is 6.92 Å². The first kappa shape index (κ1) is 19.1. The third-order valence-corrected chi connectivity index (χ3v) is 4.26. The quantitative estimate of drug-likeness (QED) is 0.398. The summed E-state index contributed by atoms with van der Waals surface area (Å²) < 4.78 is 70.5. The molecule has 2 aromatic rings. The Morgan fingerprint density at radius 1 is 1.00 bits per heavy atom. The number of halogens is 3. The fourth-order valence-electron chi connectivity index (χ4n) is 2.06. The Morgan fingerprint density at radius 2 is 1.68 bits per heavy atom. The van der Waals surface area contributed by atoms with Crippen molar-refractivity contribution in [3.05, 3.63) is 48.5 Å². The lowest BCUT2D eigenvalue weighted by atomic mass is 10.0. The molecule has 4 nitrogen and oxygen atoms in total. The second-order valence-corrected chi connectivity index (χ2v) is 6.72. The Morgan fingerprint density at radius 3 is 2.28 bits per heavy atom. The standard InChI is InChI=1S/C17H17F3O4S/c1-2-3-12-23-16-14(13-8-5-4-6-9-13)10-7-11-15(16)24-25(21,22)17(18,19)20/h4-11H,2-3,12H2,1H3. The summed E-state index contributed by atoms with van der Waals surface area (Å²) in [5.41, 5.74) is -4.40. The zero-order valence-corrected chi connectivity index (χ0v) is 14.2. The van der Waals surface area contributed by atoms with E-state index < -0.39 is 21.4 Å². The number of rotatable bonds is 7. The highest BCUT2D eigenvalue weighted by Gasteiger charge is 2.49. The molecule has 0 heterocycles. The van der Waals surface area contributed by atoms with Gasteiger partial charge in [-0.05, 0) is 18.1 Å². The minimum absolute atomic E-state index is 0.0324. The molecule has 0 saturated heterocycles. The van der Waals surface area contributed by atoms with Crippen molar-refractivity contribution < 1.29 is 30.5 Å². The van der Waals surface area contributed by atoms with E-state index in [1.54, 1.807) is 36.4 Å². The average Bonchev–Trinajstić information content (AvgIpc) is 2.55. The molecule has 2 rings (SSSR count). The summed E-state index contributed by atoms with van der Waals surface area (Å²) in [7, 11) is -5.78. The zero-order valence-electron chi connectivity index (χ0n) is 13.4. The predicted octanol–water partition coefficient (Wildman–Crippen LogP) is 4.76. The minimum Gasteiger partial charge on any atom is -0.489 e. The maximum Gasteiger partial charge on any atom is 0.534 e. The van der Waals surface area contributed by atoms with E-state index in [0.717, 1.165) is 12.5 Å². The van der Waals surface area contributed by atoms with E-state index in [0.29, 0.717) is 17.5 Å². The van der Waals surface area contributed by atoms with E-state index in [9.17, 15) is 21.6 Å². The molecule has 2 aromatic carbocycles. The van der Waals surface area contributed by atoms with Crippen LogP contribution >= 0.6 is 0 Å². The van der Waals surface area contributed by atoms with Crippen molar-refractivity contribution in [2.24, 2.45) is 0 Å². The molecule has 0 aliphatic rings. The van der Waals surface area contributed by atoms with Gasteiger partial charge in [-0.3, -0.25) is 0 Å². The molecule has 0 atom stereocenters. The van der Waals surface area contributed by atoms with Crippen molar-refractivity contribution >= 4 is 10.1 Å². The molecule has 0 fully saturated rings. The molecule has 0 N–H and O–H groups in total. The monoisotopic (exact) mass is 374 g/mol. The molecular weight excluding hydrogens is 357 g/mol. The Kier molecular flexibility index (Phi) is 5.94. The third kappa shape index (κ3) is 4.66. The lowest BCUT2D eigenvalue weighted by molar-refractivity contribution is -0.0500. The Hall–Kier alpha value is -2.22. The van der Waals surface area contributed by atoms with Crippen molar-refractivity contribution in [3.63, 3.8) is 0 Å². The number of unbranched alkanes of at least 4 members (excludes halogenated alkanes) is 1. The summed E-state index contributed by atoms with van der Waals surface area (Å²) >= 11 is 0. The molecule has 0 aliphatic carbocycles. The summed E-state index contributed by atoms with van der Waals surface area (Å²) in [4.78, 5) is 0. The van der Waals surface area contributed by atoms with Crippen LogP contribution in [0.1, 0.15) is 19.8 Å². The van der Waals surface area contributed by atoms with Crippen LogP contribution in [-0.2, 0) is 10.1 Å². The topological polar surface area (TPSA) is 52.6 Å². The first-order chi connectivity index (χ1) is 11.8. The smallest absolute Gasteiger partial charge is 0.489 e. The molecule has 136 valence electrons. The minimum atomic E-state index is -5.78. The highest BCUT2D eigenvalue weighted by atomic mass is 32.2. The number of hydrogen-bond acceptors (Lipinski definition) is 4. The van der Waals surface area contributed by atoms with Gasteiger partial charge in [-0.1, -0.05) is 55.8 Å². The van der Waals surface area contributed by atoms with Gasteiger partial charge in [-0.2, -0.15) is 21.6 Å². The van der Waals surface area contributed by atoms with E-state index >= 15 is 0 Å². The first-order valence-electron chi connectivity index (χ1n) is 7.58. The lowest BCUT2D eigenvalue weighted by Gasteiger charge is -2.17.